The fourth-order valence-corrected chi connectivity index (χ4v) is 2.44. The number of benzene rings is 1. The van der Waals surface area contributed by atoms with E-state index in [2.05, 4.69) is 0 Å². The minimum Gasteiger partial charge on any atom is -0.399 e. The number of anilines is 1. The molecular weight excluding hydrogens is 240 g/mol. The summed E-state index contributed by atoms with van der Waals surface area (Å²) < 4.78 is 5.12. The molecule has 0 saturated heterocycles. The second-order valence-electron chi connectivity index (χ2n) is 5.42. The maximum absolute atomic E-state index is 12.7. The van der Waals surface area contributed by atoms with E-state index in [1.807, 2.05) is 38.2 Å². The summed E-state index contributed by atoms with van der Waals surface area (Å²) in [7, 11) is 3.51. The zero-order chi connectivity index (χ0) is 14.0. The van der Waals surface area contributed by atoms with Crippen molar-refractivity contribution in [3.8, 4) is 0 Å². The summed E-state index contributed by atoms with van der Waals surface area (Å²) in [6.45, 7) is 2.56. The number of nitrogens with two attached hydrogens (primary N) is 1. The fourth-order valence-electron chi connectivity index (χ4n) is 2.44. The normalized spacial score (nSPS) is 17.8. The summed E-state index contributed by atoms with van der Waals surface area (Å²) in [6.07, 6.45) is 1.83. The van der Waals surface area contributed by atoms with Crippen molar-refractivity contribution in [1.82, 2.24) is 4.90 Å². The summed E-state index contributed by atoms with van der Waals surface area (Å²) >= 11 is 0. The zero-order valence-electron chi connectivity index (χ0n) is 11.8. The lowest BCUT2D eigenvalue weighted by Crippen LogP contribution is -2.43. The van der Waals surface area contributed by atoms with Crippen LogP contribution in [-0.2, 0) is 14.9 Å². The molecule has 1 amide bonds. The molecule has 0 aliphatic heterocycles. The Labute approximate surface area is 114 Å². The van der Waals surface area contributed by atoms with Gasteiger partial charge in [-0.15, -0.1) is 0 Å². The molecule has 1 atom stereocenters. The number of likely N-dealkylation sites (N-methyl/N-ethyl adjacent to an activating group) is 1. The molecule has 4 nitrogen and oxygen atoms in total. The van der Waals surface area contributed by atoms with Crippen LogP contribution in [0, 0.1) is 0 Å². The van der Waals surface area contributed by atoms with Crippen LogP contribution in [0.3, 0.4) is 0 Å². The Morgan fingerprint density at radius 3 is 2.47 bits per heavy atom. The molecule has 1 fully saturated rings. The van der Waals surface area contributed by atoms with Gasteiger partial charge in [0.1, 0.15) is 0 Å². The smallest absolute Gasteiger partial charge is 0.233 e. The van der Waals surface area contributed by atoms with Gasteiger partial charge in [-0.3, -0.25) is 4.79 Å². The molecule has 1 aromatic rings. The van der Waals surface area contributed by atoms with E-state index in [9.17, 15) is 4.79 Å². The van der Waals surface area contributed by atoms with Crippen LogP contribution in [0.15, 0.2) is 24.3 Å². The maximum Gasteiger partial charge on any atom is 0.233 e. The van der Waals surface area contributed by atoms with Crippen molar-refractivity contribution in [3.63, 3.8) is 0 Å². The van der Waals surface area contributed by atoms with Crippen LogP contribution in [0.4, 0.5) is 5.69 Å². The van der Waals surface area contributed by atoms with Gasteiger partial charge in [-0.25, -0.2) is 0 Å². The standard InChI is InChI=1S/C15H22N2O2/c1-11(10-19-3)17(2)14(18)15(8-9-15)12-4-6-13(16)7-5-12/h4-7,11H,8-10,16H2,1-3H3. The molecular formula is C15H22N2O2. The van der Waals surface area contributed by atoms with Crippen molar-refractivity contribution < 1.29 is 9.53 Å². The maximum atomic E-state index is 12.7. The molecule has 0 spiro atoms. The molecule has 4 heteroatoms. The first-order chi connectivity index (χ1) is 9.01. The Bertz CT molecular complexity index is 452. The number of nitrogen functional groups attached to an aromatic ring is 1. The van der Waals surface area contributed by atoms with Crippen LogP contribution in [0.1, 0.15) is 25.3 Å². The van der Waals surface area contributed by atoms with E-state index in [-0.39, 0.29) is 17.4 Å². The third kappa shape index (κ3) is 2.59. The number of hydrogen-bond donors (Lipinski definition) is 1. The molecule has 1 aliphatic carbocycles. The predicted molar refractivity (Wildman–Crippen MR) is 75.9 cm³/mol. The highest BCUT2D eigenvalue weighted by molar-refractivity contribution is 5.91. The van der Waals surface area contributed by atoms with Gasteiger partial charge in [0.25, 0.3) is 0 Å². The average molecular weight is 262 g/mol. The van der Waals surface area contributed by atoms with Gasteiger partial charge in [0.2, 0.25) is 5.91 Å². The molecule has 2 N–H and O–H groups in total. The van der Waals surface area contributed by atoms with Crippen molar-refractivity contribution in [3.05, 3.63) is 29.8 Å². The number of hydrogen-bond acceptors (Lipinski definition) is 3. The lowest BCUT2D eigenvalue weighted by molar-refractivity contribution is -0.135. The van der Waals surface area contributed by atoms with E-state index >= 15 is 0 Å². The monoisotopic (exact) mass is 262 g/mol. The molecule has 0 heterocycles. The number of carbonyl (C=O) groups excluding carboxylic acids is 1. The summed E-state index contributed by atoms with van der Waals surface area (Å²) in [6, 6.07) is 7.75. The summed E-state index contributed by atoms with van der Waals surface area (Å²) in [5, 5.41) is 0. The first kappa shape index (κ1) is 13.9. The van der Waals surface area contributed by atoms with Crippen molar-refractivity contribution in [2.24, 2.45) is 0 Å². The molecule has 1 aliphatic rings. The van der Waals surface area contributed by atoms with Crippen LogP contribution >= 0.6 is 0 Å². The zero-order valence-corrected chi connectivity index (χ0v) is 11.8. The molecule has 1 unspecified atom stereocenters. The van der Waals surface area contributed by atoms with E-state index in [1.54, 1.807) is 12.0 Å². The van der Waals surface area contributed by atoms with Gasteiger partial charge in [0.15, 0.2) is 0 Å². The largest absolute Gasteiger partial charge is 0.399 e. The topological polar surface area (TPSA) is 55.6 Å². The Morgan fingerprint density at radius 2 is 2.00 bits per heavy atom. The number of amides is 1. The van der Waals surface area contributed by atoms with Gasteiger partial charge in [0, 0.05) is 19.8 Å². The summed E-state index contributed by atoms with van der Waals surface area (Å²) in [5.41, 5.74) is 7.18. The second-order valence-corrected chi connectivity index (χ2v) is 5.42. The summed E-state index contributed by atoms with van der Waals surface area (Å²) in [4.78, 5) is 14.5. The van der Waals surface area contributed by atoms with Gasteiger partial charge < -0.3 is 15.4 Å². The highest BCUT2D eigenvalue weighted by atomic mass is 16.5. The third-order valence-electron chi connectivity index (χ3n) is 4.01. The quantitative estimate of drug-likeness (QED) is 0.823. The molecule has 2 rings (SSSR count). The highest BCUT2D eigenvalue weighted by Crippen LogP contribution is 2.49. The number of nitrogens with zero attached hydrogens (tertiary/aromatic N) is 1. The van der Waals surface area contributed by atoms with Crippen LogP contribution in [0.25, 0.3) is 0 Å². The Morgan fingerprint density at radius 1 is 1.42 bits per heavy atom. The van der Waals surface area contributed by atoms with E-state index in [0.717, 1.165) is 24.1 Å². The van der Waals surface area contributed by atoms with Crippen molar-refractivity contribution >= 4 is 11.6 Å². The Balaban J connectivity index is 2.16. The van der Waals surface area contributed by atoms with E-state index in [1.165, 1.54) is 0 Å². The minimum absolute atomic E-state index is 0.0868. The molecule has 1 aromatic carbocycles. The molecule has 104 valence electrons. The lowest BCUT2D eigenvalue weighted by atomic mass is 9.93. The number of rotatable bonds is 5. The molecule has 1 saturated carbocycles. The van der Waals surface area contributed by atoms with Gasteiger partial charge in [-0.1, -0.05) is 12.1 Å². The van der Waals surface area contributed by atoms with Gasteiger partial charge >= 0.3 is 0 Å². The summed E-state index contributed by atoms with van der Waals surface area (Å²) in [5.74, 6) is 0.182. The minimum atomic E-state index is -0.329. The van der Waals surface area contributed by atoms with Crippen molar-refractivity contribution in [2.45, 2.75) is 31.2 Å². The first-order valence-electron chi connectivity index (χ1n) is 6.63. The lowest BCUT2D eigenvalue weighted by Gasteiger charge is -2.29. The van der Waals surface area contributed by atoms with Crippen LogP contribution < -0.4 is 5.73 Å². The molecule has 0 radical (unpaired) electrons. The van der Waals surface area contributed by atoms with Gasteiger partial charge in [-0.05, 0) is 37.5 Å². The highest BCUT2D eigenvalue weighted by Gasteiger charge is 2.52. The Kier molecular flexibility index (Phi) is 3.80. The van der Waals surface area contributed by atoms with Crippen LogP contribution in [0.2, 0.25) is 0 Å². The van der Waals surface area contributed by atoms with Crippen LogP contribution in [-0.4, -0.2) is 37.6 Å². The SMILES string of the molecule is COCC(C)N(C)C(=O)C1(c2ccc(N)cc2)CC1. The number of ether oxygens (including phenoxy) is 1. The number of carbonyl (C=O) groups is 1. The fraction of sp³-hybridized carbons (Fsp3) is 0.533. The first-order valence-corrected chi connectivity index (χ1v) is 6.63. The number of methoxy groups -OCH3 is 1. The molecule has 19 heavy (non-hydrogen) atoms. The third-order valence-corrected chi connectivity index (χ3v) is 4.01. The van der Waals surface area contributed by atoms with Crippen molar-refractivity contribution in [2.75, 3.05) is 26.5 Å². The van der Waals surface area contributed by atoms with Crippen LogP contribution in [0.5, 0.6) is 0 Å². The average Bonchev–Trinajstić information content (AvgIpc) is 3.19. The molecule has 0 bridgehead atoms. The predicted octanol–water partition coefficient (Wildman–Crippen LogP) is 1.79. The van der Waals surface area contributed by atoms with Crippen molar-refractivity contribution in [1.29, 1.82) is 0 Å². The van der Waals surface area contributed by atoms with E-state index < -0.39 is 0 Å². The molecule has 0 aromatic heterocycles. The van der Waals surface area contributed by atoms with Gasteiger partial charge in [0.05, 0.1) is 18.1 Å². The Hall–Kier alpha value is -1.55. The second kappa shape index (κ2) is 5.21. The van der Waals surface area contributed by atoms with Gasteiger partial charge in [-0.2, -0.15) is 0 Å². The van der Waals surface area contributed by atoms with E-state index in [4.69, 9.17) is 10.5 Å². The van der Waals surface area contributed by atoms with E-state index in [0.29, 0.717) is 6.61 Å².